The molecule has 1 nitrogen and oxygen atoms in total. The molecule has 1 aromatic carbocycles. The van der Waals surface area contributed by atoms with Crippen LogP contribution in [0.2, 0.25) is 5.02 Å². The second-order valence-corrected chi connectivity index (χ2v) is 4.35. The molecule has 1 fully saturated rings. The van der Waals surface area contributed by atoms with Gasteiger partial charge in [0, 0.05) is 11.1 Å². The number of nitrogens with two attached hydrogens (primary N) is 1. The maximum absolute atomic E-state index is 5.83. The third-order valence-electron chi connectivity index (χ3n) is 2.81. The third-order valence-corrected chi connectivity index (χ3v) is 3.07. The standard InChI is InChI=1S/C11H14ClN/c1-7(13)10-6-11(10)8-2-4-9(12)5-3-8/h2-5,7,10-11H,6,13H2,1H3/t7-,10-,11-/m0/s1. The van der Waals surface area contributed by atoms with Crippen LogP contribution in [0.4, 0.5) is 0 Å². The van der Waals surface area contributed by atoms with Crippen LogP contribution in [-0.4, -0.2) is 6.04 Å². The van der Waals surface area contributed by atoms with E-state index in [2.05, 4.69) is 19.1 Å². The second-order valence-electron chi connectivity index (χ2n) is 3.92. The highest BCUT2D eigenvalue weighted by Gasteiger charge is 2.40. The first-order valence-electron chi connectivity index (χ1n) is 4.69. The van der Waals surface area contributed by atoms with Gasteiger partial charge in [-0.1, -0.05) is 23.7 Å². The SMILES string of the molecule is C[C@H](N)[C@@H]1C[C@H]1c1ccc(Cl)cc1. The van der Waals surface area contributed by atoms with E-state index in [-0.39, 0.29) is 0 Å². The van der Waals surface area contributed by atoms with Gasteiger partial charge >= 0.3 is 0 Å². The van der Waals surface area contributed by atoms with Crippen molar-refractivity contribution in [2.45, 2.75) is 25.3 Å². The first-order chi connectivity index (χ1) is 6.18. The lowest BCUT2D eigenvalue weighted by atomic mass is 10.1. The average molecular weight is 196 g/mol. The van der Waals surface area contributed by atoms with E-state index in [1.807, 2.05) is 12.1 Å². The zero-order chi connectivity index (χ0) is 9.42. The summed E-state index contributed by atoms with van der Waals surface area (Å²) in [7, 11) is 0. The fraction of sp³-hybridized carbons (Fsp3) is 0.455. The first kappa shape index (κ1) is 9.04. The van der Waals surface area contributed by atoms with E-state index in [9.17, 15) is 0 Å². The quantitative estimate of drug-likeness (QED) is 0.772. The van der Waals surface area contributed by atoms with Crippen LogP contribution >= 0.6 is 11.6 Å². The zero-order valence-corrected chi connectivity index (χ0v) is 8.46. The topological polar surface area (TPSA) is 26.0 Å². The zero-order valence-electron chi connectivity index (χ0n) is 7.70. The van der Waals surface area contributed by atoms with Gasteiger partial charge in [0.1, 0.15) is 0 Å². The molecule has 13 heavy (non-hydrogen) atoms. The van der Waals surface area contributed by atoms with E-state index in [4.69, 9.17) is 17.3 Å². The van der Waals surface area contributed by atoms with Crippen LogP contribution in [-0.2, 0) is 0 Å². The minimum atomic E-state index is 0.320. The lowest BCUT2D eigenvalue weighted by molar-refractivity contribution is 0.631. The number of benzene rings is 1. The van der Waals surface area contributed by atoms with Crippen LogP contribution in [0.3, 0.4) is 0 Å². The molecule has 2 rings (SSSR count). The monoisotopic (exact) mass is 195 g/mol. The fourth-order valence-corrected chi connectivity index (χ4v) is 2.01. The molecule has 1 aromatic rings. The van der Waals surface area contributed by atoms with Crippen molar-refractivity contribution in [2.24, 2.45) is 11.7 Å². The van der Waals surface area contributed by atoms with Crippen LogP contribution in [0.5, 0.6) is 0 Å². The fourth-order valence-electron chi connectivity index (χ4n) is 1.89. The van der Waals surface area contributed by atoms with Gasteiger partial charge in [-0.3, -0.25) is 0 Å². The van der Waals surface area contributed by atoms with Crippen molar-refractivity contribution in [1.29, 1.82) is 0 Å². The summed E-state index contributed by atoms with van der Waals surface area (Å²) in [6.45, 7) is 2.08. The molecule has 70 valence electrons. The number of rotatable bonds is 2. The molecule has 0 aromatic heterocycles. The Morgan fingerprint density at radius 3 is 2.46 bits per heavy atom. The van der Waals surface area contributed by atoms with E-state index in [1.54, 1.807) is 0 Å². The Balaban J connectivity index is 2.08. The van der Waals surface area contributed by atoms with Crippen LogP contribution in [0.25, 0.3) is 0 Å². The molecule has 0 unspecified atom stereocenters. The minimum Gasteiger partial charge on any atom is -0.328 e. The van der Waals surface area contributed by atoms with Gasteiger partial charge in [0.2, 0.25) is 0 Å². The average Bonchev–Trinajstić information content (AvgIpc) is 2.85. The van der Waals surface area contributed by atoms with Gasteiger partial charge in [-0.05, 0) is 42.9 Å². The highest BCUT2D eigenvalue weighted by atomic mass is 35.5. The molecule has 0 amide bonds. The summed E-state index contributed by atoms with van der Waals surface area (Å²) in [5, 5.41) is 0.807. The molecule has 0 radical (unpaired) electrons. The molecule has 2 N–H and O–H groups in total. The van der Waals surface area contributed by atoms with Gasteiger partial charge in [0.05, 0.1) is 0 Å². The molecule has 3 atom stereocenters. The Hall–Kier alpha value is -0.530. The van der Waals surface area contributed by atoms with E-state index in [0.29, 0.717) is 17.9 Å². The molecular formula is C11H14ClN. The Bertz CT molecular complexity index is 291. The normalized spacial score (nSPS) is 28.5. The molecule has 0 bridgehead atoms. The Morgan fingerprint density at radius 2 is 2.00 bits per heavy atom. The van der Waals surface area contributed by atoms with Gasteiger partial charge in [0.15, 0.2) is 0 Å². The van der Waals surface area contributed by atoms with E-state index in [1.165, 1.54) is 12.0 Å². The molecule has 0 aliphatic heterocycles. The van der Waals surface area contributed by atoms with Crippen molar-refractivity contribution >= 4 is 11.6 Å². The van der Waals surface area contributed by atoms with Gasteiger partial charge in [-0.25, -0.2) is 0 Å². The highest BCUT2D eigenvalue weighted by molar-refractivity contribution is 6.30. The molecule has 0 spiro atoms. The van der Waals surface area contributed by atoms with Gasteiger partial charge in [-0.15, -0.1) is 0 Å². The largest absolute Gasteiger partial charge is 0.328 e. The van der Waals surface area contributed by atoms with Crippen molar-refractivity contribution in [3.63, 3.8) is 0 Å². The molecule has 1 aliphatic carbocycles. The predicted molar refractivity (Wildman–Crippen MR) is 55.9 cm³/mol. The summed E-state index contributed by atoms with van der Waals surface area (Å²) < 4.78 is 0. The molecule has 1 aliphatic rings. The summed E-state index contributed by atoms with van der Waals surface area (Å²) in [5.41, 5.74) is 7.21. The maximum Gasteiger partial charge on any atom is 0.0406 e. The predicted octanol–water partition coefficient (Wildman–Crippen LogP) is 2.79. The van der Waals surface area contributed by atoms with Crippen molar-refractivity contribution < 1.29 is 0 Å². The van der Waals surface area contributed by atoms with Gasteiger partial charge < -0.3 is 5.73 Å². The highest BCUT2D eigenvalue weighted by Crippen LogP contribution is 2.48. The number of halogens is 1. The Morgan fingerprint density at radius 1 is 1.38 bits per heavy atom. The summed E-state index contributed by atoms with van der Waals surface area (Å²) >= 11 is 5.81. The summed E-state index contributed by atoms with van der Waals surface area (Å²) in [4.78, 5) is 0. The summed E-state index contributed by atoms with van der Waals surface area (Å²) in [5.74, 6) is 1.36. The molecule has 2 heteroatoms. The smallest absolute Gasteiger partial charge is 0.0406 e. The van der Waals surface area contributed by atoms with Crippen molar-refractivity contribution in [1.82, 2.24) is 0 Å². The number of hydrogen-bond donors (Lipinski definition) is 1. The van der Waals surface area contributed by atoms with Crippen molar-refractivity contribution in [3.8, 4) is 0 Å². The molecule has 0 heterocycles. The number of hydrogen-bond acceptors (Lipinski definition) is 1. The second kappa shape index (κ2) is 3.32. The lowest BCUT2D eigenvalue weighted by Gasteiger charge is -2.03. The van der Waals surface area contributed by atoms with E-state index < -0.39 is 0 Å². The van der Waals surface area contributed by atoms with E-state index >= 15 is 0 Å². The van der Waals surface area contributed by atoms with Crippen LogP contribution in [0.15, 0.2) is 24.3 Å². The van der Waals surface area contributed by atoms with Crippen LogP contribution in [0, 0.1) is 5.92 Å². The molecule has 0 saturated heterocycles. The molecular weight excluding hydrogens is 182 g/mol. The Labute approximate surface area is 83.9 Å². The van der Waals surface area contributed by atoms with Gasteiger partial charge in [0.25, 0.3) is 0 Å². The van der Waals surface area contributed by atoms with Crippen LogP contribution < -0.4 is 5.73 Å². The van der Waals surface area contributed by atoms with E-state index in [0.717, 1.165) is 5.02 Å². The van der Waals surface area contributed by atoms with Gasteiger partial charge in [-0.2, -0.15) is 0 Å². The first-order valence-corrected chi connectivity index (χ1v) is 5.07. The van der Waals surface area contributed by atoms with Crippen molar-refractivity contribution in [2.75, 3.05) is 0 Å². The lowest BCUT2D eigenvalue weighted by Crippen LogP contribution is -2.17. The summed E-state index contributed by atoms with van der Waals surface area (Å²) in [6, 6.07) is 8.44. The maximum atomic E-state index is 5.83. The van der Waals surface area contributed by atoms with Crippen LogP contribution in [0.1, 0.15) is 24.8 Å². The minimum absolute atomic E-state index is 0.320. The Kier molecular flexibility index (Phi) is 2.31. The summed E-state index contributed by atoms with van der Waals surface area (Å²) in [6.07, 6.45) is 1.24. The third kappa shape index (κ3) is 1.87. The van der Waals surface area contributed by atoms with Crippen molar-refractivity contribution in [3.05, 3.63) is 34.9 Å². The molecule has 1 saturated carbocycles.